The van der Waals surface area contributed by atoms with Crippen LogP contribution in [0.15, 0.2) is 0 Å². The Morgan fingerprint density at radius 3 is 1.82 bits per heavy atom. The van der Waals surface area contributed by atoms with Crippen LogP contribution in [0.2, 0.25) is 0 Å². The largest absolute Gasteiger partial charge is 2.00 e. The molecule has 2 saturated carbocycles. The normalized spacial score (nSPS) is 19.4. The van der Waals surface area contributed by atoms with E-state index in [1.54, 1.807) is 0 Å². The minimum atomic E-state index is 0. The number of Topliss-reactive ketones (excluding diaryl/α,β-unsaturated/α-hetero) is 1. The molecule has 17 heavy (non-hydrogen) atoms. The Balaban J connectivity index is 0.000000360. The molecular formula is C14H15BrFeO+2. The molecule has 2 aliphatic carbocycles. The monoisotopic (exact) mass is 334 g/mol. The average Bonchev–Trinajstić information content (AvgIpc) is 2.98. The van der Waals surface area contributed by atoms with Crippen molar-refractivity contribution in [3.63, 3.8) is 0 Å². The van der Waals surface area contributed by atoms with Gasteiger partial charge in [0.2, 0.25) is 0 Å². The summed E-state index contributed by atoms with van der Waals surface area (Å²) in [5.74, 6) is 1.08. The summed E-state index contributed by atoms with van der Waals surface area (Å²) in [5.41, 5.74) is 0. The summed E-state index contributed by atoms with van der Waals surface area (Å²) < 4.78 is 0. The van der Waals surface area contributed by atoms with E-state index in [2.05, 4.69) is 15.9 Å². The molecule has 3 heteroatoms. The molecule has 0 saturated heterocycles. The van der Waals surface area contributed by atoms with E-state index in [1.807, 2.05) is 57.8 Å². The van der Waals surface area contributed by atoms with E-state index in [4.69, 9.17) is 0 Å². The molecule has 0 unspecified atom stereocenters. The fraction of sp³-hybridized carbons (Fsp3) is 0.214. The molecule has 2 rings (SSSR count). The third kappa shape index (κ3) is 8.40. The molecule has 90 valence electrons. The molecule has 1 nitrogen and oxygen atoms in total. The van der Waals surface area contributed by atoms with Crippen LogP contribution >= 0.6 is 15.9 Å². The molecule has 2 aliphatic rings. The van der Waals surface area contributed by atoms with Gasteiger partial charge in [-0.3, -0.25) is 4.79 Å². The van der Waals surface area contributed by atoms with Gasteiger partial charge in [0.25, 0.3) is 0 Å². The summed E-state index contributed by atoms with van der Waals surface area (Å²) in [6.45, 7) is 0. The molecule has 10 radical (unpaired) electrons. The van der Waals surface area contributed by atoms with E-state index in [0.717, 1.165) is 17.7 Å². The minimum Gasteiger partial charge on any atom is -0.299 e. The van der Waals surface area contributed by atoms with Crippen LogP contribution in [0.1, 0.15) is 12.8 Å². The number of carbonyl (C=O) groups excluding carboxylic acids is 1. The van der Waals surface area contributed by atoms with Crippen molar-refractivity contribution in [2.24, 2.45) is 0 Å². The van der Waals surface area contributed by atoms with E-state index in [1.165, 1.54) is 0 Å². The van der Waals surface area contributed by atoms with Gasteiger partial charge in [0.1, 0.15) is 5.78 Å². The number of alkyl halides is 1. The van der Waals surface area contributed by atoms with Gasteiger partial charge in [-0.05, 0) is 64.2 Å². The van der Waals surface area contributed by atoms with Gasteiger partial charge in [-0.1, -0.05) is 15.9 Å². The smallest absolute Gasteiger partial charge is 0.299 e. The van der Waals surface area contributed by atoms with Gasteiger partial charge in [0.05, 0.1) is 0 Å². The van der Waals surface area contributed by atoms with Crippen molar-refractivity contribution in [2.75, 3.05) is 5.33 Å². The van der Waals surface area contributed by atoms with Gasteiger partial charge < -0.3 is 0 Å². The number of rotatable bonds is 4. The summed E-state index contributed by atoms with van der Waals surface area (Å²) in [4.78, 5) is 11.2. The Bertz CT molecular complexity index is 179. The molecule has 0 amide bonds. The maximum atomic E-state index is 11.2. The predicted octanol–water partition coefficient (Wildman–Crippen LogP) is 3.15. The first-order valence-electron chi connectivity index (χ1n) is 5.32. The van der Waals surface area contributed by atoms with E-state index >= 15 is 0 Å². The summed E-state index contributed by atoms with van der Waals surface area (Å²) in [6.07, 6.45) is 19.1. The Hall–Kier alpha value is 0.669. The van der Waals surface area contributed by atoms with Crippen molar-refractivity contribution in [3.8, 4) is 0 Å². The molecule has 0 aromatic rings. The number of carbonyl (C=O) groups is 1. The zero-order chi connectivity index (χ0) is 11.6. The van der Waals surface area contributed by atoms with Crippen LogP contribution in [0, 0.1) is 63.7 Å². The minimum absolute atomic E-state index is 0. The second-order valence-corrected chi connectivity index (χ2v) is 4.14. The maximum Gasteiger partial charge on any atom is 2.00 e. The van der Waals surface area contributed by atoms with Crippen molar-refractivity contribution in [2.45, 2.75) is 12.8 Å². The molecule has 0 aromatic heterocycles. The second-order valence-electron chi connectivity index (χ2n) is 3.35. The van der Waals surface area contributed by atoms with Crippen LogP contribution in [0.3, 0.4) is 0 Å². The third-order valence-electron chi connectivity index (χ3n) is 2.08. The van der Waals surface area contributed by atoms with Crippen molar-refractivity contribution < 1.29 is 21.9 Å². The van der Waals surface area contributed by atoms with Gasteiger partial charge in [-0.25, -0.2) is 0 Å². The number of hydrogen-bond acceptors (Lipinski definition) is 1. The number of ketones is 1. The molecule has 2 fully saturated rings. The SMILES string of the molecule is O=C(CCCBr)[C]1[CH][CH][CH][CH]1.[CH]1[CH][CH][CH][CH]1.[Fe+2]. The predicted molar refractivity (Wildman–Crippen MR) is 70.0 cm³/mol. The first-order valence-corrected chi connectivity index (χ1v) is 6.44. The molecule has 0 spiro atoms. The van der Waals surface area contributed by atoms with Gasteiger partial charge in [0, 0.05) is 17.7 Å². The summed E-state index contributed by atoms with van der Waals surface area (Å²) >= 11 is 3.29. The average molecular weight is 335 g/mol. The molecule has 0 bridgehead atoms. The number of hydrogen-bond donors (Lipinski definition) is 0. The van der Waals surface area contributed by atoms with Gasteiger partial charge in [0.15, 0.2) is 0 Å². The van der Waals surface area contributed by atoms with Crippen molar-refractivity contribution in [1.29, 1.82) is 0 Å². The fourth-order valence-corrected chi connectivity index (χ4v) is 1.53. The van der Waals surface area contributed by atoms with Gasteiger partial charge in [-0.2, -0.15) is 0 Å². The van der Waals surface area contributed by atoms with E-state index in [0.29, 0.717) is 6.42 Å². The van der Waals surface area contributed by atoms with Crippen LogP contribution in [-0.2, 0) is 21.9 Å². The zero-order valence-electron chi connectivity index (χ0n) is 9.46. The fourth-order valence-electron chi connectivity index (χ4n) is 1.25. The van der Waals surface area contributed by atoms with E-state index < -0.39 is 0 Å². The van der Waals surface area contributed by atoms with Gasteiger partial charge in [-0.15, -0.1) is 0 Å². The third-order valence-corrected chi connectivity index (χ3v) is 2.64. The molecule has 0 heterocycles. The summed E-state index contributed by atoms with van der Waals surface area (Å²) in [5, 5.41) is 0.902. The van der Waals surface area contributed by atoms with Crippen LogP contribution in [0.5, 0.6) is 0 Å². The topological polar surface area (TPSA) is 17.1 Å². The van der Waals surface area contributed by atoms with Crippen LogP contribution in [0.25, 0.3) is 0 Å². The van der Waals surface area contributed by atoms with Crippen LogP contribution < -0.4 is 0 Å². The van der Waals surface area contributed by atoms with Crippen LogP contribution in [-0.4, -0.2) is 11.1 Å². The first-order chi connectivity index (χ1) is 7.84. The van der Waals surface area contributed by atoms with Crippen molar-refractivity contribution >= 4 is 21.7 Å². The molecule has 0 N–H and O–H groups in total. The molecule has 0 aromatic carbocycles. The summed E-state index contributed by atoms with van der Waals surface area (Å²) in [7, 11) is 0. The Morgan fingerprint density at radius 1 is 0.941 bits per heavy atom. The first kappa shape index (κ1) is 17.7. The van der Waals surface area contributed by atoms with Crippen molar-refractivity contribution in [1.82, 2.24) is 0 Å². The maximum absolute atomic E-state index is 11.2. The molecular weight excluding hydrogens is 320 g/mol. The molecule has 0 aliphatic heterocycles. The Labute approximate surface area is 125 Å². The number of halogens is 1. The molecule has 0 atom stereocenters. The Morgan fingerprint density at radius 2 is 1.41 bits per heavy atom. The van der Waals surface area contributed by atoms with Crippen molar-refractivity contribution in [3.05, 3.63) is 63.7 Å². The van der Waals surface area contributed by atoms with E-state index in [9.17, 15) is 4.79 Å². The second kappa shape index (κ2) is 11.7. The Kier molecular flexibility index (Phi) is 12.2. The summed E-state index contributed by atoms with van der Waals surface area (Å²) in [6, 6.07) is 0. The quantitative estimate of drug-likeness (QED) is 0.570. The van der Waals surface area contributed by atoms with Gasteiger partial charge >= 0.3 is 17.1 Å². The van der Waals surface area contributed by atoms with E-state index in [-0.39, 0.29) is 22.9 Å². The zero-order valence-corrected chi connectivity index (χ0v) is 12.1. The standard InChI is InChI=1S/C9H10BrO.C5H5.Fe/c10-7-3-6-9(11)8-4-1-2-5-8;1-2-4-5-3-1;/h1-2,4-5H,3,6-7H2;1-5H;/q;;+2. The van der Waals surface area contributed by atoms with Crippen LogP contribution in [0.4, 0.5) is 0 Å².